The van der Waals surface area contributed by atoms with E-state index in [0.717, 1.165) is 52.5 Å². The molecule has 8 nitrogen and oxygen atoms in total. The van der Waals surface area contributed by atoms with Gasteiger partial charge in [0, 0.05) is 42.9 Å². The molecule has 2 aliphatic rings. The second kappa shape index (κ2) is 7.85. The van der Waals surface area contributed by atoms with Crippen LogP contribution in [0.2, 0.25) is 0 Å². The number of anilines is 3. The van der Waals surface area contributed by atoms with Gasteiger partial charge >= 0.3 is 0 Å². The number of rotatable bonds is 6. The van der Waals surface area contributed by atoms with E-state index in [1.807, 2.05) is 13.0 Å². The van der Waals surface area contributed by atoms with Crippen molar-refractivity contribution in [2.24, 2.45) is 0 Å². The molecule has 0 radical (unpaired) electrons. The highest BCUT2D eigenvalue weighted by atomic mass is 32.1. The summed E-state index contributed by atoms with van der Waals surface area (Å²) in [4.78, 5) is 12.2. The molecule has 156 valence electrons. The monoisotopic (exact) mass is 422 g/mol. The number of hydrogen-bond donors (Lipinski definition) is 3. The molecule has 5 heterocycles. The van der Waals surface area contributed by atoms with Gasteiger partial charge in [0.05, 0.1) is 16.3 Å². The Balaban J connectivity index is 1.37. The molecule has 3 N–H and O–H groups in total. The fourth-order valence-corrected chi connectivity index (χ4v) is 5.84. The van der Waals surface area contributed by atoms with Crippen LogP contribution in [0.1, 0.15) is 43.4 Å². The van der Waals surface area contributed by atoms with Gasteiger partial charge in [0.1, 0.15) is 0 Å². The van der Waals surface area contributed by atoms with Gasteiger partial charge in [-0.15, -0.1) is 11.3 Å². The van der Waals surface area contributed by atoms with Crippen molar-refractivity contribution in [2.45, 2.75) is 64.1 Å². The Hall–Kier alpha value is -2.70. The van der Waals surface area contributed by atoms with Crippen molar-refractivity contribution < 1.29 is 0 Å². The number of nitrogens with one attached hydrogen (secondary N) is 3. The van der Waals surface area contributed by atoms with Crippen LogP contribution in [0.25, 0.3) is 10.2 Å². The molecule has 0 aliphatic carbocycles. The topological polar surface area (TPSA) is 106 Å². The summed E-state index contributed by atoms with van der Waals surface area (Å²) in [6, 6.07) is 5.74. The maximum atomic E-state index is 8.94. The highest BCUT2D eigenvalue weighted by molar-refractivity contribution is 7.18. The average molecular weight is 423 g/mol. The van der Waals surface area contributed by atoms with Crippen molar-refractivity contribution in [3.63, 3.8) is 0 Å². The number of nitriles is 1. The predicted molar refractivity (Wildman–Crippen MR) is 119 cm³/mol. The largest absolute Gasteiger partial charge is 0.351 e. The molecule has 30 heavy (non-hydrogen) atoms. The number of aromatic nitrogens is 4. The molecular weight excluding hydrogens is 396 g/mol. The molecule has 0 saturated carbocycles. The van der Waals surface area contributed by atoms with Crippen LogP contribution in [0.5, 0.6) is 0 Å². The summed E-state index contributed by atoms with van der Waals surface area (Å²) in [5, 5.41) is 25.3. The molecule has 9 heteroatoms. The first-order valence-electron chi connectivity index (χ1n) is 10.5. The van der Waals surface area contributed by atoms with Gasteiger partial charge in [0.2, 0.25) is 5.95 Å². The van der Waals surface area contributed by atoms with Crippen LogP contribution in [0.3, 0.4) is 0 Å². The molecule has 3 aromatic heterocycles. The fraction of sp³-hybridized carbons (Fsp3) is 0.524. The molecule has 2 fully saturated rings. The Morgan fingerprint density at radius 2 is 2.07 bits per heavy atom. The van der Waals surface area contributed by atoms with E-state index in [4.69, 9.17) is 15.2 Å². The first-order chi connectivity index (χ1) is 14.6. The zero-order chi connectivity index (χ0) is 20.7. The lowest BCUT2D eigenvalue weighted by Crippen LogP contribution is -2.47. The average Bonchev–Trinajstić information content (AvgIpc) is 3.37. The molecule has 3 aromatic rings. The number of piperidine rings is 1. The second-order valence-corrected chi connectivity index (χ2v) is 9.28. The number of nitrogens with zero attached hydrogens (tertiary/aromatic N) is 5. The van der Waals surface area contributed by atoms with E-state index in [-0.39, 0.29) is 0 Å². The van der Waals surface area contributed by atoms with E-state index in [2.05, 4.69) is 44.1 Å². The van der Waals surface area contributed by atoms with Crippen molar-refractivity contribution in [3.8, 4) is 6.07 Å². The molecule has 0 spiro atoms. The van der Waals surface area contributed by atoms with E-state index >= 15 is 0 Å². The molecule has 5 rings (SSSR count). The number of H-pyrrole nitrogens is 1. The molecule has 2 saturated heterocycles. The van der Waals surface area contributed by atoms with E-state index < -0.39 is 0 Å². The first kappa shape index (κ1) is 19.3. The predicted octanol–water partition coefficient (Wildman–Crippen LogP) is 4.10. The Morgan fingerprint density at radius 1 is 1.27 bits per heavy atom. The van der Waals surface area contributed by atoms with Crippen LogP contribution < -0.4 is 10.6 Å². The van der Waals surface area contributed by atoms with Crippen LogP contribution in [0.4, 0.5) is 17.6 Å². The minimum absolute atomic E-state index is 0.359. The third kappa shape index (κ3) is 3.61. The number of hydrogen-bond acceptors (Lipinski definition) is 8. The Kier molecular flexibility index (Phi) is 5.05. The van der Waals surface area contributed by atoms with E-state index in [1.165, 1.54) is 12.8 Å². The van der Waals surface area contributed by atoms with Gasteiger partial charge < -0.3 is 10.6 Å². The Labute approximate surface area is 179 Å². The Morgan fingerprint density at radius 3 is 2.77 bits per heavy atom. The van der Waals surface area contributed by atoms with Gasteiger partial charge in [0.15, 0.2) is 11.6 Å². The molecule has 3 atom stereocenters. The zero-order valence-corrected chi connectivity index (χ0v) is 18.1. The number of aromatic amines is 1. The third-order valence-electron chi connectivity index (χ3n) is 6.24. The fourth-order valence-electron chi connectivity index (χ4n) is 4.90. The van der Waals surface area contributed by atoms with Gasteiger partial charge in [0.25, 0.3) is 0 Å². The summed E-state index contributed by atoms with van der Waals surface area (Å²) in [5.41, 5.74) is 3.15. The van der Waals surface area contributed by atoms with E-state index in [1.54, 1.807) is 11.3 Å². The lowest BCUT2D eigenvalue weighted by molar-refractivity contribution is 0.135. The van der Waals surface area contributed by atoms with Gasteiger partial charge in [-0.1, -0.05) is 0 Å². The van der Waals surface area contributed by atoms with Crippen LogP contribution in [-0.4, -0.2) is 49.7 Å². The molecule has 0 aromatic carbocycles. The number of fused-ring (bicyclic) bond motifs is 3. The summed E-state index contributed by atoms with van der Waals surface area (Å²) >= 11 is 1.65. The van der Waals surface area contributed by atoms with Crippen molar-refractivity contribution in [1.29, 1.82) is 5.26 Å². The Bertz CT molecular complexity index is 1080. The van der Waals surface area contributed by atoms with E-state index in [0.29, 0.717) is 30.5 Å². The van der Waals surface area contributed by atoms with E-state index in [9.17, 15) is 0 Å². The smallest absolute Gasteiger partial charge is 0.225 e. The number of aryl methyl sites for hydroxylation is 2. The SMILES string of the molecule is Cc1cc(Nc2nc(NC3CC4CC[C@@H](C3)N4CCC#N)nc3c(C)csc23)n[nH]1. The molecule has 2 aliphatic heterocycles. The number of thiophene rings is 1. The lowest BCUT2D eigenvalue weighted by Gasteiger charge is -2.38. The second-order valence-electron chi connectivity index (χ2n) is 8.40. The van der Waals surface area contributed by atoms with Crippen molar-refractivity contribution in [3.05, 3.63) is 22.7 Å². The van der Waals surface area contributed by atoms with Crippen LogP contribution >= 0.6 is 11.3 Å². The highest BCUT2D eigenvalue weighted by Crippen LogP contribution is 2.37. The summed E-state index contributed by atoms with van der Waals surface area (Å²) in [6.45, 7) is 4.96. The third-order valence-corrected chi connectivity index (χ3v) is 7.34. The van der Waals surface area contributed by atoms with Crippen molar-refractivity contribution >= 4 is 39.1 Å². The minimum Gasteiger partial charge on any atom is -0.351 e. The minimum atomic E-state index is 0.359. The zero-order valence-electron chi connectivity index (χ0n) is 17.3. The van der Waals surface area contributed by atoms with Gasteiger partial charge in [-0.25, -0.2) is 4.98 Å². The quantitative estimate of drug-likeness (QED) is 0.549. The van der Waals surface area contributed by atoms with Crippen molar-refractivity contribution in [1.82, 2.24) is 25.1 Å². The molecule has 2 unspecified atom stereocenters. The summed E-state index contributed by atoms with van der Waals surface area (Å²) in [5.74, 6) is 2.23. The molecule has 0 amide bonds. The normalized spacial score (nSPS) is 23.6. The van der Waals surface area contributed by atoms with Crippen LogP contribution in [-0.2, 0) is 0 Å². The summed E-state index contributed by atoms with van der Waals surface area (Å²) in [7, 11) is 0. The molecular formula is C21H26N8S. The van der Waals surface area contributed by atoms with Gasteiger partial charge in [-0.3, -0.25) is 10.00 Å². The summed E-state index contributed by atoms with van der Waals surface area (Å²) < 4.78 is 1.05. The highest BCUT2D eigenvalue weighted by Gasteiger charge is 2.40. The standard InChI is InChI=1S/C21H26N8S/c1-12-11-30-19-18(12)25-21(26-20(19)24-17-8-13(2)27-28-17)23-14-9-15-4-5-16(10-14)29(15)7-3-6-22/h8,11,14-16H,3-5,7,9-10H2,1-2H3,(H3,23,24,25,26,27,28)/t14?,15-,16?/m0/s1. The van der Waals surface area contributed by atoms with Crippen molar-refractivity contribution in [2.75, 3.05) is 17.2 Å². The maximum absolute atomic E-state index is 8.94. The molecule has 2 bridgehead atoms. The maximum Gasteiger partial charge on any atom is 0.225 e. The van der Waals surface area contributed by atoms with Crippen LogP contribution in [0, 0.1) is 25.2 Å². The van der Waals surface area contributed by atoms with Crippen LogP contribution in [0.15, 0.2) is 11.4 Å². The summed E-state index contributed by atoms with van der Waals surface area (Å²) in [6.07, 6.45) is 5.22. The lowest BCUT2D eigenvalue weighted by atomic mass is 9.97. The van der Waals surface area contributed by atoms with Gasteiger partial charge in [-0.2, -0.15) is 15.3 Å². The first-order valence-corrected chi connectivity index (χ1v) is 11.4. The van der Waals surface area contributed by atoms with Gasteiger partial charge in [-0.05, 0) is 50.5 Å².